The molecule has 2 aliphatic heterocycles. The van der Waals surface area contributed by atoms with Gasteiger partial charge < -0.3 is 25.2 Å². The van der Waals surface area contributed by atoms with Gasteiger partial charge in [-0.15, -0.1) is 0 Å². The van der Waals surface area contributed by atoms with Crippen LogP contribution in [0.5, 0.6) is 5.75 Å². The highest BCUT2D eigenvalue weighted by atomic mass is 16.5. The summed E-state index contributed by atoms with van der Waals surface area (Å²) in [6.07, 6.45) is 6.96. The Morgan fingerprint density at radius 1 is 1.11 bits per heavy atom. The largest absolute Gasteiger partial charge is 0.488 e. The molecule has 184 valence electrons. The van der Waals surface area contributed by atoms with Gasteiger partial charge in [0.05, 0.1) is 30.5 Å². The fourth-order valence-electron chi connectivity index (χ4n) is 4.88. The van der Waals surface area contributed by atoms with Crippen molar-refractivity contribution in [2.45, 2.75) is 38.0 Å². The van der Waals surface area contributed by atoms with Crippen LogP contribution in [0, 0.1) is 6.92 Å². The maximum absolute atomic E-state index is 11.0. The van der Waals surface area contributed by atoms with Crippen LogP contribution in [0.25, 0.3) is 16.6 Å². The first-order chi connectivity index (χ1) is 17.5. The van der Waals surface area contributed by atoms with Gasteiger partial charge in [-0.2, -0.15) is 5.10 Å². The van der Waals surface area contributed by atoms with E-state index in [0.717, 1.165) is 54.1 Å². The number of rotatable bonds is 6. The number of aromatic carboxylic acids is 1. The summed E-state index contributed by atoms with van der Waals surface area (Å²) in [5.41, 5.74) is 3.94. The minimum Gasteiger partial charge on any atom is -0.488 e. The third-order valence-electron chi connectivity index (χ3n) is 6.54. The molecule has 0 amide bonds. The monoisotopic (exact) mass is 486 g/mol. The maximum atomic E-state index is 11.0. The van der Waals surface area contributed by atoms with Gasteiger partial charge in [-0.05, 0) is 42.8 Å². The van der Waals surface area contributed by atoms with E-state index < -0.39 is 5.97 Å². The van der Waals surface area contributed by atoms with Crippen molar-refractivity contribution in [3.63, 3.8) is 0 Å². The van der Waals surface area contributed by atoms with Gasteiger partial charge in [0.25, 0.3) is 0 Å². The summed E-state index contributed by atoms with van der Waals surface area (Å²) < 4.78 is 14.0. The van der Waals surface area contributed by atoms with E-state index in [2.05, 4.69) is 37.8 Å². The second kappa shape index (κ2) is 9.21. The van der Waals surface area contributed by atoms with Gasteiger partial charge in [0, 0.05) is 54.6 Å². The van der Waals surface area contributed by atoms with Gasteiger partial charge >= 0.3 is 5.97 Å². The number of hydrogen-bond acceptors (Lipinski definition) is 8. The zero-order valence-electron chi connectivity index (χ0n) is 19.7. The Kier molecular flexibility index (Phi) is 5.74. The number of nitrogens with zero attached hydrogens (tertiary/aromatic N) is 4. The van der Waals surface area contributed by atoms with Crippen LogP contribution in [0.1, 0.15) is 28.9 Å². The van der Waals surface area contributed by atoms with Crippen molar-refractivity contribution in [3.8, 4) is 16.9 Å². The summed E-state index contributed by atoms with van der Waals surface area (Å²) in [6.45, 7) is 3.42. The third kappa shape index (κ3) is 4.60. The Hall–Kier alpha value is -4.02. The third-order valence-corrected chi connectivity index (χ3v) is 6.54. The number of pyridine rings is 3. The average molecular weight is 487 g/mol. The first-order valence-electron chi connectivity index (χ1n) is 11.9. The molecule has 2 fully saturated rings. The van der Waals surface area contributed by atoms with Crippen LogP contribution >= 0.6 is 0 Å². The summed E-state index contributed by atoms with van der Waals surface area (Å²) in [7, 11) is 0. The van der Waals surface area contributed by atoms with Gasteiger partial charge in [0.2, 0.25) is 0 Å². The lowest BCUT2D eigenvalue weighted by Gasteiger charge is -2.40. The van der Waals surface area contributed by atoms with Crippen molar-refractivity contribution >= 4 is 23.1 Å². The molecule has 6 heterocycles. The molecular formula is C26H26N6O4. The summed E-state index contributed by atoms with van der Waals surface area (Å²) >= 11 is 0. The van der Waals surface area contributed by atoms with E-state index in [1.54, 1.807) is 10.6 Å². The first kappa shape index (κ1) is 22.4. The molecule has 0 aliphatic carbocycles. The van der Waals surface area contributed by atoms with Crippen LogP contribution < -0.4 is 15.4 Å². The Labute approximate surface area is 207 Å². The van der Waals surface area contributed by atoms with Crippen molar-refractivity contribution in [3.05, 3.63) is 66.2 Å². The number of aromatic nitrogens is 4. The van der Waals surface area contributed by atoms with E-state index in [0.29, 0.717) is 23.7 Å². The van der Waals surface area contributed by atoms with Gasteiger partial charge in [-0.25, -0.2) is 14.3 Å². The summed E-state index contributed by atoms with van der Waals surface area (Å²) in [5.74, 6) is 0.882. The zero-order valence-corrected chi connectivity index (χ0v) is 19.7. The molecule has 36 heavy (non-hydrogen) atoms. The molecule has 10 heteroatoms. The van der Waals surface area contributed by atoms with E-state index in [1.165, 1.54) is 12.3 Å². The standard InChI is InChI=1S/C26H26N6O4/c1-15-6-22(23(12-27-15)36-21-8-18-13-35-14-19(9-21)29-18)16-4-5-32-20(7-16)10-25(31-32)30-24-3-2-17(11-28-24)26(33)34/h2-7,10-12,18-19,21,29H,8-9,13-14H2,1H3,(H,33,34)(H,28,30,31)/t18-,19+,21-. The molecule has 0 radical (unpaired) electrons. The van der Waals surface area contributed by atoms with Crippen molar-refractivity contribution in [1.29, 1.82) is 0 Å². The van der Waals surface area contributed by atoms with Crippen LogP contribution in [0.15, 0.2) is 55.0 Å². The number of morpholine rings is 1. The first-order valence-corrected chi connectivity index (χ1v) is 11.9. The number of carbonyl (C=O) groups is 1. The Bertz CT molecular complexity index is 1410. The van der Waals surface area contributed by atoms with Crippen molar-refractivity contribution in [1.82, 2.24) is 24.9 Å². The number of carboxylic acids is 1. The fourth-order valence-corrected chi connectivity index (χ4v) is 4.88. The summed E-state index contributed by atoms with van der Waals surface area (Å²) in [4.78, 5) is 19.7. The minimum atomic E-state index is -1.01. The van der Waals surface area contributed by atoms with Crippen molar-refractivity contribution in [2.75, 3.05) is 18.5 Å². The van der Waals surface area contributed by atoms with Gasteiger partial charge in [0.15, 0.2) is 5.82 Å². The lowest BCUT2D eigenvalue weighted by atomic mass is 9.94. The number of piperidine rings is 1. The molecule has 3 atom stereocenters. The number of aryl methyl sites for hydroxylation is 1. The molecule has 2 saturated heterocycles. The van der Waals surface area contributed by atoms with Crippen LogP contribution in [0.4, 0.5) is 11.6 Å². The van der Waals surface area contributed by atoms with Crippen LogP contribution in [0.2, 0.25) is 0 Å². The number of fused-ring (bicyclic) bond motifs is 3. The smallest absolute Gasteiger partial charge is 0.337 e. The lowest BCUT2D eigenvalue weighted by Crippen LogP contribution is -2.56. The molecule has 10 nitrogen and oxygen atoms in total. The number of nitrogens with one attached hydrogen (secondary N) is 2. The minimum absolute atomic E-state index is 0.114. The molecule has 0 spiro atoms. The number of carboxylic acid groups (broad SMARTS) is 1. The van der Waals surface area contributed by atoms with Gasteiger partial charge in [-0.3, -0.25) is 4.98 Å². The summed E-state index contributed by atoms with van der Waals surface area (Å²) in [6, 6.07) is 11.8. The molecule has 0 unspecified atom stereocenters. The Morgan fingerprint density at radius 3 is 2.69 bits per heavy atom. The second-order valence-corrected chi connectivity index (χ2v) is 9.31. The normalized spacial score (nSPS) is 21.3. The molecule has 2 bridgehead atoms. The Balaban J connectivity index is 1.25. The number of anilines is 2. The molecule has 4 aromatic heterocycles. The van der Waals surface area contributed by atoms with Crippen LogP contribution in [-0.4, -0.2) is 62.1 Å². The fraction of sp³-hybridized carbons (Fsp3) is 0.308. The second-order valence-electron chi connectivity index (χ2n) is 9.31. The van der Waals surface area contributed by atoms with E-state index >= 15 is 0 Å². The zero-order chi connectivity index (χ0) is 24.6. The van der Waals surface area contributed by atoms with E-state index in [1.807, 2.05) is 31.5 Å². The highest BCUT2D eigenvalue weighted by molar-refractivity contribution is 5.87. The Morgan fingerprint density at radius 2 is 1.94 bits per heavy atom. The van der Waals surface area contributed by atoms with Crippen molar-refractivity contribution in [2.24, 2.45) is 0 Å². The molecule has 0 aromatic carbocycles. The van der Waals surface area contributed by atoms with E-state index in [9.17, 15) is 4.79 Å². The molecule has 3 N–H and O–H groups in total. The van der Waals surface area contributed by atoms with Gasteiger partial charge in [-0.1, -0.05) is 0 Å². The molecular weight excluding hydrogens is 460 g/mol. The average Bonchev–Trinajstić information content (AvgIpc) is 3.27. The number of ether oxygens (including phenoxy) is 2. The topological polar surface area (TPSA) is 123 Å². The van der Waals surface area contributed by atoms with Gasteiger partial charge in [0.1, 0.15) is 17.7 Å². The SMILES string of the molecule is Cc1cc(-c2ccn3nc(Nc4ccc(C(=O)O)cn4)cc3c2)c(O[C@H]2C[C@H]3COC[C@@H](C2)N3)cn1. The van der Waals surface area contributed by atoms with Crippen molar-refractivity contribution < 1.29 is 19.4 Å². The predicted octanol–water partition coefficient (Wildman–Crippen LogP) is 3.44. The molecule has 4 aromatic rings. The maximum Gasteiger partial charge on any atom is 0.337 e. The van der Waals surface area contributed by atoms with Crippen LogP contribution in [-0.2, 0) is 4.74 Å². The lowest BCUT2D eigenvalue weighted by molar-refractivity contribution is -0.0122. The van der Waals surface area contributed by atoms with E-state index in [4.69, 9.17) is 14.6 Å². The van der Waals surface area contributed by atoms with Crippen LogP contribution in [0.3, 0.4) is 0 Å². The highest BCUT2D eigenvalue weighted by Gasteiger charge is 2.33. The molecule has 2 aliphatic rings. The predicted molar refractivity (Wildman–Crippen MR) is 133 cm³/mol. The highest BCUT2D eigenvalue weighted by Crippen LogP contribution is 2.34. The molecule has 0 saturated carbocycles. The summed E-state index contributed by atoms with van der Waals surface area (Å²) in [5, 5.41) is 20.3. The quantitative estimate of drug-likeness (QED) is 0.376. The van der Waals surface area contributed by atoms with E-state index in [-0.39, 0.29) is 11.7 Å². The molecule has 6 rings (SSSR count). The number of hydrogen-bond donors (Lipinski definition) is 3.